The minimum absolute atomic E-state index is 0.0379. The molecule has 1 N–H and O–H groups in total. The summed E-state index contributed by atoms with van der Waals surface area (Å²) in [6, 6.07) is 7.58. The molecule has 0 amide bonds. The van der Waals surface area contributed by atoms with Gasteiger partial charge in [-0.2, -0.15) is 5.10 Å². The first-order valence-electron chi connectivity index (χ1n) is 9.27. The molecule has 27 heavy (non-hydrogen) atoms. The molecule has 144 valence electrons. The van der Waals surface area contributed by atoms with Gasteiger partial charge in [0.25, 0.3) is 0 Å². The largest absolute Gasteiger partial charge is 0.480 e. The second-order valence-electron chi connectivity index (χ2n) is 7.01. The van der Waals surface area contributed by atoms with Gasteiger partial charge in [0, 0.05) is 30.6 Å². The number of carbonyl (C=O) groups is 2. The number of carboxylic acids is 1. The fourth-order valence-electron chi connectivity index (χ4n) is 3.57. The standard InChI is InChI=1S/C20H24FN3O3/c21-17-7-5-15(6-8-17)19(25)4-2-11-23-10-1-3-16(13-23)18-9-12-24(22-18)14-20(26)27/h5-9,12,16H,1-4,10-11,13-14H2,(H,26,27)/t16-/m0/s1. The highest BCUT2D eigenvalue weighted by atomic mass is 19.1. The van der Waals surface area contributed by atoms with Gasteiger partial charge in [-0.25, -0.2) is 4.39 Å². The summed E-state index contributed by atoms with van der Waals surface area (Å²) in [4.78, 5) is 25.3. The van der Waals surface area contributed by atoms with Gasteiger partial charge in [0.15, 0.2) is 5.78 Å². The number of aliphatic carboxylic acids is 1. The number of hydrogen-bond donors (Lipinski definition) is 1. The van der Waals surface area contributed by atoms with E-state index in [-0.39, 0.29) is 18.1 Å². The smallest absolute Gasteiger partial charge is 0.325 e. The third kappa shape index (κ3) is 5.47. The van der Waals surface area contributed by atoms with Gasteiger partial charge in [-0.3, -0.25) is 14.3 Å². The molecule has 1 aromatic heterocycles. The van der Waals surface area contributed by atoms with Crippen LogP contribution in [0.25, 0.3) is 0 Å². The molecule has 1 fully saturated rings. The zero-order chi connectivity index (χ0) is 19.2. The average Bonchev–Trinajstić information content (AvgIpc) is 3.10. The van der Waals surface area contributed by atoms with E-state index in [1.165, 1.54) is 28.9 Å². The molecular formula is C20H24FN3O3. The van der Waals surface area contributed by atoms with Crippen molar-refractivity contribution in [3.05, 3.63) is 53.6 Å². The summed E-state index contributed by atoms with van der Waals surface area (Å²) in [5, 5.41) is 13.2. The molecule has 1 aromatic carbocycles. The van der Waals surface area contributed by atoms with Crippen LogP contribution in [0.15, 0.2) is 36.5 Å². The van der Waals surface area contributed by atoms with Gasteiger partial charge < -0.3 is 10.0 Å². The molecule has 2 aromatic rings. The van der Waals surface area contributed by atoms with Crippen LogP contribution in [0.3, 0.4) is 0 Å². The zero-order valence-electron chi connectivity index (χ0n) is 15.2. The lowest BCUT2D eigenvalue weighted by Gasteiger charge is -2.31. The van der Waals surface area contributed by atoms with Crippen molar-refractivity contribution in [1.29, 1.82) is 0 Å². The molecule has 3 rings (SSSR count). The number of likely N-dealkylation sites (tertiary alicyclic amines) is 1. The van der Waals surface area contributed by atoms with Gasteiger partial charge in [0.1, 0.15) is 12.4 Å². The molecule has 1 atom stereocenters. The highest BCUT2D eigenvalue weighted by molar-refractivity contribution is 5.95. The Hall–Kier alpha value is -2.54. The van der Waals surface area contributed by atoms with Gasteiger partial charge in [-0.15, -0.1) is 0 Å². The summed E-state index contributed by atoms with van der Waals surface area (Å²) in [7, 11) is 0. The topological polar surface area (TPSA) is 75.4 Å². The van der Waals surface area contributed by atoms with Crippen molar-refractivity contribution in [2.45, 2.75) is 38.1 Å². The molecule has 7 heteroatoms. The summed E-state index contributed by atoms with van der Waals surface area (Å²) >= 11 is 0. The summed E-state index contributed by atoms with van der Waals surface area (Å²) in [6.07, 6.45) is 5.01. The number of Topliss-reactive ketones (excluding diaryl/α,β-unsaturated/α-hetero) is 1. The number of piperidine rings is 1. The summed E-state index contributed by atoms with van der Waals surface area (Å²) < 4.78 is 14.4. The van der Waals surface area contributed by atoms with Crippen LogP contribution in [-0.4, -0.2) is 51.2 Å². The van der Waals surface area contributed by atoms with Crippen molar-refractivity contribution in [3.8, 4) is 0 Å². The molecule has 1 aliphatic rings. The second kappa shape index (κ2) is 8.90. The number of nitrogens with zero attached hydrogens (tertiary/aromatic N) is 3. The summed E-state index contributed by atoms with van der Waals surface area (Å²) in [5.41, 5.74) is 1.49. The first kappa shape index (κ1) is 19.2. The van der Waals surface area contributed by atoms with E-state index in [1.807, 2.05) is 6.07 Å². The number of aromatic nitrogens is 2. The minimum atomic E-state index is -0.902. The van der Waals surface area contributed by atoms with E-state index in [9.17, 15) is 14.0 Å². The van der Waals surface area contributed by atoms with Crippen LogP contribution in [0.5, 0.6) is 0 Å². The Labute approximate surface area is 157 Å². The molecule has 1 aliphatic heterocycles. The highest BCUT2D eigenvalue weighted by Gasteiger charge is 2.23. The molecule has 1 saturated heterocycles. The fourth-order valence-corrected chi connectivity index (χ4v) is 3.57. The van der Waals surface area contributed by atoms with Crippen LogP contribution in [0, 0.1) is 5.82 Å². The number of benzene rings is 1. The van der Waals surface area contributed by atoms with E-state index in [4.69, 9.17) is 5.11 Å². The minimum Gasteiger partial charge on any atom is -0.480 e. The van der Waals surface area contributed by atoms with E-state index >= 15 is 0 Å². The number of ketones is 1. The van der Waals surface area contributed by atoms with Crippen molar-refractivity contribution in [2.24, 2.45) is 0 Å². The van der Waals surface area contributed by atoms with Gasteiger partial charge in [-0.1, -0.05) is 0 Å². The van der Waals surface area contributed by atoms with Gasteiger partial charge in [0.05, 0.1) is 5.69 Å². The van der Waals surface area contributed by atoms with Crippen LogP contribution in [0.1, 0.15) is 47.7 Å². The van der Waals surface area contributed by atoms with E-state index in [1.54, 1.807) is 6.20 Å². The first-order chi connectivity index (χ1) is 13.0. The van der Waals surface area contributed by atoms with Crippen molar-refractivity contribution in [2.75, 3.05) is 19.6 Å². The molecular weight excluding hydrogens is 349 g/mol. The number of rotatable bonds is 8. The van der Waals surface area contributed by atoms with E-state index in [0.717, 1.165) is 44.6 Å². The molecule has 0 radical (unpaired) electrons. The first-order valence-corrected chi connectivity index (χ1v) is 9.27. The molecule has 0 unspecified atom stereocenters. The SMILES string of the molecule is O=C(O)Cn1ccc([C@H]2CCCN(CCCC(=O)c3ccc(F)cc3)C2)n1. The number of carboxylic acid groups (broad SMARTS) is 1. The Kier molecular flexibility index (Phi) is 6.34. The Morgan fingerprint density at radius 3 is 2.74 bits per heavy atom. The molecule has 2 heterocycles. The number of carbonyl (C=O) groups excluding carboxylic acids is 1. The van der Waals surface area contributed by atoms with Crippen molar-refractivity contribution >= 4 is 11.8 Å². The van der Waals surface area contributed by atoms with Crippen molar-refractivity contribution in [1.82, 2.24) is 14.7 Å². The Morgan fingerprint density at radius 1 is 1.22 bits per heavy atom. The predicted octanol–water partition coefficient (Wildman–Crippen LogP) is 2.95. The second-order valence-corrected chi connectivity index (χ2v) is 7.01. The highest BCUT2D eigenvalue weighted by Crippen LogP contribution is 2.25. The quantitative estimate of drug-likeness (QED) is 0.720. The van der Waals surface area contributed by atoms with E-state index in [0.29, 0.717) is 17.9 Å². The lowest BCUT2D eigenvalue weighted by molar-refractivity contribution is -0.137. The lowest BCUT2D eigenvalue weighted by Crippen LogP contribution is -2.35. The Morgan fingerprint density at radius 2 is 2.00 bits per heavy atom. The van der Waals surface area contributed by atoms with Crippen LogP contribution >= 0.6 is 0 Å². The monoisotopic (exact) mass is 373 g/mol. The normalized spacial score (nSPS) is 17.7. The number of halogens is 1. The molecule has 6 nitrogen and oxygen atoms in total. The number of hydrogen-bond acceptors (Lipinski definition) is 4. The van der Waals surface area contributed by atoms with Gasteiger partial charge in [-0.05, 0) is 62.7 Å². The molecule has 0 aliphatic carbocycles. The van der Waals surface area contributed by atoms with Crippen LogP contribution in [-0.2, 0) is 11.3 Å². The summed E-state index contributed by atoms with van der Waals surface area (Å²) in [5.74, 6) is -0.907. The van der Waals surface area contributed by atoms with E-state index in [2.05, 4.69) is 10.00 Å². The molecule has 0 bridgehead atoms. The lowest BCUT2D eigenvalue weighted by atomic mass is 9.94. The average molecular weight is 373 g/mol. The van der Waals surface area contributed by atoms with Gasteiger partial charge >= 0.3 is 5.97 Å². The van der Waals surface area contributed by atoms with Gasteiger partial charge in [0.2, 0.25) is 0 Å². The van der Waals surface area contributed by atoms with E-state index < -0.39 is 5.97 Å². The van der Waals surface area contributed by atoms with Crippen LogP contribution in [0.2, 0.25) is 0 Å². The third-order valence-electron chi connectivity index (χ3n) is 4.93. The zero-order valence-corrected chi connectivity index (χ0v) is 15.2. The van der Waals surface area contributed by atoms with Crippen molar-refractivity contribution in [3.63, 3.8) is 0 Å². The Balaban J connectivity index is 1.47. The predicted molar refractivity (Wildman–Crippen MR) is 98.2 cm³/mol. The Bertz CT molecular complexity index is 788. The third-order valence-corrected chi connectivity index (χ3v) is 4.93. The maximum atomic E-state index is 12.9. The maximum Gasteiger partial charge on any atom is 0.325 e. The van der Waals surface area contributed by atoms with Crippen LogP contribution < -0.4 is 0 Å². The molecule has 0 saturated carbocycles. The van der Waals surface area contributed by atoms with Crippen LogP contribution in [0.4, 0.5) is 4.39 Å². The van der Waals surface area contributed by atoms with Crippen molar-refractivity contribution < 1.29 is 19.1 Å². The maximum absolute atomic E-state index is 12.9. The fraction of sp³-hybridized carbons (Fsp3) is 0.450. The summed E-state index contributed by atoms with van der Waals surface area (Å²) in [6.45, 7) is 2.58. The molecule has 0 spiro atoms.